The summed E-state index contributed by atoms with van der Waals surface area (Å²) in [5.41, 5.74) is 7.28. The van der Waals surface area contributed by atoms with Crippen LogP contribution in [0.25, 0.3) is 10.8 Å². The van der Waals surface area contributed by atoms with Crippen molar-refractivity contribution in [2.24, 2.45) is 10.4 Å². The molecule has 3 rings (SSSR count). The molecular weight excluding hydrogens is 406 g/mol. The zero-order valence-corrected chi connectivity index (χ0v) is 16.1. The molecule has 9 nitrogen and oxygen atoms in total. The lowest BCUT2D eigenvalue weighted by Crippen LogP contribution is -2.02. The highest BCUT2D eigenvalue weighted by molar-refractivity contribution is 7.86. The number of rotatable bonds is 5. The summed E-state index contributed by atoms with van der Waals surface area (Å²) in [4.78, 5) is -0.480. The molecule has 146 valence electrons. The first-order valence-corrected chi connectivity index (χ1v) is 10.6. The zero-order chi connectivity index (χ0) is 20.5. The summed E-state index contributed by atoms with van der Waals surface area (Å²) >= 11 is 0. The maximum absolute atomic E-state index is 12.3. The summed E-state index contributed by atoms with van der Waals surface area (Å²) < 4.78 is 60.7. The molecule has 3 N–H and O–H groups in total. The molecule has 0 saturated carbocycles. The molecule has 0 aliphatic heterocycles. The number of hydrogen-bond donors (Lipinski definition) is 2. The highest BCUT2D eigenvalue weighted by atomic mass is 32.2. The average Bonchev–Trinajstić information content (AvgIpc) is 2.62. The molecule has 3 aromatic carbocycles. The van der Waals surface area contributed by atoms with E-state index in [-0.39, 0.29) is 9.79 Å². The van der Waals surface area contributed by atoms with Crippen molar-refractivity contribution in [2.75, 3.05) is 5.73 Å². The number of hydrogen-bond acceptors (Lipinski definition) is 8. The quantitative estimate of drug-likeness (QED) is 0.277. The fourth-order valence-corrected chi connectivity index (χ4v) is 3.69. The Labute approximate surface area is 161 Å². The van der Waals surface area contributed by atoms with Crippen molar-refractivity contribution >= 4 is 42.4 Å². The predicted octanol–water partition coefficient (Wildman–Crippen LogP) is 3.38. The van der Waals surface area contributed by atoms with Gasteiger partial charge in [0.05, 0.1) is 10.6 Å². The molecule has 0 radical (unpaired) electrons. The lowest BCUT2D eigenvalue weighted by Gasteiger charge is -2.05. The first kappa shape index (κ1) is 19.7. The third-order valence-corrected chi connectivity index (χ3v) is 5.81. The summed E-state index contributed by atoms with van der Waals surface area (Å²) in [6.45, 7) is 1.74. The minimum Gasteiger partial charge on any atom is -0.399 e. The monoisotopic (exact) mass is 421 g/mol. The van der Waals surface area contributed by atoms with Crippen molar-refractivity contribution in [2.45, 2.75) is 16.7 Å². The first-order chi connectivity index (χ1) is 13.1. The van der Waals surface area contributed by atoms with Crippen LogP contribution in [-0.4, -0.2) is 21.4 Å². The molecule has 28 heavy (non-hydrogen) atoms. The average molecular weight is 421 g/mol. The Morgan fingerprint density at radius 2 is 1.50 bits per heavy atom. The van der Waals surface area contributed by atoms with Crippen molar-refractivity contribution in [1.29, 1.82) is 0 Å². The molecule has 0 aliphatic carbocycles. The van der Waals surface area contributed by atoms with Gasteiger partial charge in [0, 0.05) is 11.0 Å². The van der Waals surface area contributed by atoms with Crippen molar-refractivity contribution in [3.8, 4) is 0 Å². The first-order valence-electron chi connectivity index (χ1n) is 7.78. The second kappa shape index (κ2) is 7.19. The van der Waals surface area contributed by atoms with Gasteiger partial charge in [-0.15, -0.1) is 5.11 Å². The van der Waals surface area contributed by atoms with Crippen LogP contribution in [0.15, 0.2) is 74.8 Å². The van der Waals surface area contributed by atoms with Crippen LogP contribution in [0.2, 0.25) is 0 Å². The van der Waals surface area contributed by atoms with Gasteiger partial charge in [0.2, 0.25) is 0 Å². The van der Waals surface area contributed by atoms with Gasteiger partial charge < -0.3 is 5.73 Å². The van der Waals surface area contributed by atoms with Gasteiger partial charge in [0.15, 0.2) is 0 Å². The zero-order valence-electron chi connectivity index (χ0n) is 14.5. The molecule has 11 heteroatoms. The van der Waals surface area contributed by atoms with E-state index in [1.165, 1.54) is 36.4 Å². The van der Waals surface area contributed by atoms with Crippen molar-refractivity contribution in [3.05, 3.63) is 60.2 Å². The van der Waals surface area contributed by atoms with Crippen LogP contribution >= 0.6 is 0 Å². The smallest absolute Gasteiger partial charge is 0.359 e. The van der Waals surface area contributed by atoms with E-state index in [9.17, 15) is 16.8 Å². The standard InChI is InChI=1S/C17H15N3O6S2/c1-11-8-14(18)4-7-17(11)19-20-26-28(24,25)16-6-3-12-9-15(27(21,22)23)5-2-13(12)10-16/h2-10H,18H2,1H3,(H,21,22,23). The van der Waals surface area contributed by atoms with E-state index in [4.69, 9.17) is 10.3 Å². The molecule has 0 spiro atoms. The van der Waals surface area contributed by atoms with E-state index in [2.05, 4.69) is 14.7 Å². The SMILES string of the molecule is Cc1cc(N)ccc1N=NOS(=O)(=O)c1ccc2cc(S(=O)(=O)O)ccc2c1. The van der Waals surface area contributed by atoms with Crippen molar-refractivity contribution in [1.82, 2.24) is 0 Å². The molecule has 3 aromatic rings. The number of nitrogens with two attached hydrogens (primary N) is 1. The number of fused-ring (bicyclic) bond motifs is 1. The Morgan fingerprint density at radius 3 is 2.11 bits per heavy atom. The molecule has 0 saturated heterocycles. The third kappa shape index (κ3) is 4.27. The maximum Gasteiger partial charge on any atom is 0.359 e. The van der Waals surface area contributed by atoms with E-state index in [0.717, 1.165) is 0 Å². The van der Waals surface area contributed by atoms with Gasteiger partial charge in [-0.3, -0.25) is 4.55 Å². The third-order valence-electron chi connectivity index (χ3n) is 3.87. The summed E-state index contributed by atoms with van der Waals surface area (Å²) in [6, 6.07) is 12.5. The Kier molecular flexibility index (Phi) is 5.06. The lowest BCUT2D eigenvalue weighted by atomic mass is 10.1. The molecule has 0 heterocycles. The molecular formula is C17H15N3O6S2. The normalized spacial score (nSPS) is 12.5. The topological polar surface area (TPSA) is 148 Å². The van der Waals surface area contributed by atoms with Crippen molar-refractivity contribution in [3.63, 3.8) is 0 Å². The maximum atomic E-state index is 12.3. The second-order valence-electron chi connectivity index (χ2n) is 5.90. The second-order valence-corrected chi connectivity index (χ2v) is 8.85. The van der Waals surface area contributed by atoms with E-state index >= 15 is 0 Å². The van der Waals surface area contributed by atoms with Crippen LogP contribution in [0.1, 0.15) is 5.56 Å². The van der Waals surface area contributed by atoms with E-state index < -0.39 is 20.2 Å². The largest absolute Gasteiger partial charge is 0.399 e. The van der Waals surface area contributed by atoms with Gasteiger partial charge in [0.1, 0.15) is 4.90 Å². The van der Waals surface area contributed by atoms with Gasteiger partial charge in [-0.05, 0) is 65.7 Å². The summed E-state index contributed by atoms with van der Waals surface area (Å²) in [5, 5.41) is 7.88. The number of aryl methyl sites for hydroxylation is 1. The van der Waals surface area contributed by atoms with E-state index in [0.29, 0.717) is 27.7 Å². The Balaban J connectivity index is 1.86. The lowest BCUT2D eigenvalue weighted by molar-refractivity contribution is 0.314. The van der Waals surface area contributed by atoms with E-state index in [1.54, 1.807) is 25.1 Å². The van der Waals surface area contributed by atoms with Crippen molar-refractivity contribution < 1.29 is 25.7 Å². The minimum atomic E-state index is -4.36. The molecule has 0 bridgehead atoms. The molecule has 0 unspecified atom stereocenters. The Hall–Kier alpha value is -3.02. The fraction of sp³-hybridized carbons (Fsp3) is 0.0588. The van der Waals surface area contributed by atoms with Gasteiger partial charge in [-0.25, -0.2) is 4.28 Å². The van der Waals surface area contributed by atoms with Crippen LogP contribution in [0, 0.1) is 6.92 Å². The molecule has 0 atom stereocenters. The summed E-state index contributed by atoms with van der Waals surface area (Å²) in [7, 11) is -8.59. The Bertz CT molecular complexity index is 1300. The van der Waals surface area contributed by atoms with Gasteiger partial charge in [-0.1, -0.05) is 12.1 Å². The molecule has 0 aromatic heterocycles. The number of nitrogen functional groups attached to an aromatic ring is 1. The minimum absolute atomic E-state index is 0.187. The number of benzene rings is 3. The highest BCUT2D eigenvalue weighted by Crippen LogP contribution is 2.25. The highest BCUT2D eigenvalue weighted by Gasteiger charge is 2.17. The molecule has 0 aliphatic rings. The van der Waals surface area contributed by atoms with Crippen LogP contribution in [-0.2, 0) is 24.5 Å². The van der Waals surface area contributed by atoms with Gasteiger partial charge in [-0.2, -0.15) is 16.8 Å². The molecule has 0 fully saturated rings. The number of anilines is 1. The Morgan fingerprint density at radius 1 is 0.893 bits per heavy atom. The summed E-state index contributed by atoms with van der Waals surface area (Å²) in [5.74, 6) is 0. The molecule has 0 amide bonds. The van der Waals surface area contributed by atoms with Crippen LogP contribution < -0.4 is 5.73 Å². The summed E-state index contributed by atoms with van der Waals surface area (Å²) in [6.07, 6.45) is 0. The van der Waals surface area contributed by atoms with Crippen LogP contribution in [0.3, 0.4) is 0 Å². The van der Waals surface area contributed by atoms with Gasteiger partial charge in [0.25, 0.3) is 10.1 Å². The fourth-order valence-electron chi connectivity index (χ4n) is 2.46. The number of nitrogens with zero attached hydrogens (tertiary/aromatic N) is 2. The van der Waals surface area contributed by atoms with Gasteiger partial charge >= 0.3 is 10.1 Å². The predicted molar refractivity (Wildman–Crippen MR) is 102 cm³/mol. The van der Waals surface area contributed by atoms with Crippen LogP contribution in [0.5, 0.6) is 0 Å². The van der Waals surface area contributed by atoms with E-state index in [1.807, 2.05) is 0 Å². The van der Waals surface area contributed by atoms with Crippen LogP contribution in [0.4, 0.5) is 11.4 Å².